The number of thioether (sulfide) groups is 1. The average Bonchev–Trinajstić information content (AvgIpc) is 2.38. The van der Waals surface area contributed by atoms with Crippen molar-refractivity contribution < 1.29 is 5.11 Å². The first-order chi connectivity index (χ1) is 8.85. The zero-order valence-electron chi connectivity index (χ0n) is 12.9. The van der Waals surface area contributed by atoms with E-state index in [2.05, 4.69) is 33.1 Å². The van der Waals surface area contributed by atoms with Gasteiger partial charge in [0.15, 0.2) is 0 Å². The highest BCUT2D eigenvalue weighted by Crippen LogP contribution is 2.47. The first-order valence-corrected chi connectivity index (χ1v) is 8.83. The standard InChI is InChI=1S/C16H29NOS/c1-15(2,3)13-7-9-16(12-17,10-8-13)14(18)6-5-11-19-4/h13-14,18H,5-11H2,1-4H3. The van der Waals surface area contributed by atoms with Crippen LogP contribution >= 0.6 is 11.8 Å². The van der Waals surface area contributed by atoms with Gasteiger partial charge in [0.1, 0.15) is 0 Å². The monoisotopic (exact) mass is 283 g/mol. The molecular formula is C16H29NOS. The van der Waals surface area contributed by atoms with Crippen molar-refractivity contribution in [3.05, 3.63) is 0 Å². The molecule has 1 atom stereocenters. The maximum absolute atomic E-state index is 10.4. The van der Waals surface area contributed by atoms with Gasteiger partial charge in [0.25, 0.3) is 0 Å². The number of aliphatic hydroxyl groups is 1. The summed E-state index contributed by atoms with van der Waals surface area (Å²) in [6, 6.07) is 2.46. The Morgan fingerprint density at radius 2 is 1.95 bits per heavy atom. The summed E-state index contributed by atoms with van der Waals surface area (Å²) in [4.78, 5) is 0. The minimum absolute atomic E-state index is 0.325. The Bertz CT molecular complexity index is 308. The van der Waals surface area contributed by atoms with Crippen LogP contribution < -0.4 is 0 Å². The van der Waals surface area contributed by atoms with Gasteiger partial charge in [0.2, 0.25) is 0 Å². The summed E-state index contributed by atoms with van der Waals surface area (Å²) in [5.74, 6) is 1.76. The lowest BCUT2D eigenvalue weighted by molar-refractivity contribution is 0.00497. The van der Waals surface area contributed by atoms with Crippen molar-refractivity contribution in [1.29, 1.82) is 5.26 Å². The van der Waals surface area contributed by atoms with E-state index in [1.807, 2.05) is 0 Å². The Balaban J connectivity index is 2.58. The van der Waals surface area contributed by atoms with Gasteiger partial charge in [-0.25, -0.2) is 0 Å². The number of nitriles is 1. The number of hydrogen-bond acceptors (Lipinski definition) is 3. The van der Waals surface area contributed by atoms with E-state index < -0.39 is 11.5 Å². The van der Waals surface area contributed by atoms with E-state index in [1.165, 1.54) is 0 Å². The molecule has 19 heavy (non-hydrogen) atoms. The van der Waals surface area contributed by atoms with E-state index in [9.17, 15) is 10.4 Å². The minimum atomic E-state index is -0.472. The van der Waals surface area contributed by atoms with Crippen molar-refractivity contribution in [3.8, 4) is 6.07 Å². The zero-order valence-corrected chi connectivity index (χ0v) is 13.7. The molecule has 1 fully saturated rings. The lowest BCUT2D eigenvalue weighted by Gasteiger charge is -2.42. The van der Waals surface area contributed by atoms with Crippen LogP contribution in [0.15, 0.2) is 0 Å². The van der Waals surface area contributed by atoms with Crippen molar-refractivity contribution >= 4 is 11.8 Å². The van der Waals surface area contributed by atoms with Crippen LogP contribution in [-0.2, 0) is 0 Å². The van der Waals surface area contributed by atoms with Gasteiger partial charge in [-0.2, -0.15) is 17.0 Å². The molecule has 1 aliphatic rings. The quantitative estimate of drug-likeness (QED) is 0.768. The molecule has 0 radical (unpaired) electrons. The third kappa shape index (κ3) is 4.39. The van der Waals surface area contributed by atoms with Crippen molar-refractivity contribution in [3.63, 3.8) is 0 Å². The molecule has 2 nitrogen and oxygen atoms in total. The molecule has 3 heteroatoms. The second-order valence-electron chi connectivity index (χ2n) is 7.06. The van der Waals surface area contributed by atoms with E-state index in [0.717, 1.165) is 44.3 Å². The molecule has 110 valence electrons. The van der Waals surface area contributed by atoms with Gasteiger partial charge in [-0.3, -0.25) is 0 Å². The fourth-order valence-electron chi connectivity index (χ4n) is 3.22. The van der Waals surface area contributed by atoms with Crippen molar-refractivity contribution in [2.45, 2.75) is 65.4 Å². The molecule has 0 aromatic rings. The van der Waals surface area contributed by atoms with Crippen LogP contribution in [-0.4, -0.2) is 23.2 Å². The average molecular weight is 283 g/mol. The topological polar surface area (TPSA) is 44.0 Å². The van der Waals surface area contributed by atoms with E-state index in [0.29, 0.717) is 11.3 Å². The highest BCUT2D eigenvalue weighted by molar-refractivity contribution is 7.98. The summed E-state index contributed by atoms with van der Waals surface area (Å²) >= 11 is 1.81. The SMILES string of the molecule is CSCCCC(O)C1(C#N)CCC(C(C)(C)C)CC1. The maximum atomic E-state index is 10.4. The van der Waals surface area contributed by atoms with Crippen molar-refractivity contribution in [2.75, 3.05) is 12.0 Å². The third-order valence-corrected chi connectivity index (χ3v) is 5.49. The molecule has 0 bridgehead atoms. The van der Waals surface area contributed by atoms with E-state index >= 15 is 0 Å². The molecule has 1 rings (SSSR count). The molecule has 0 aromatic carbocycles. The summed E-state index contributed by atoms with van der Waals surface area (Å²) < 4.78 is 0. The lowest BCUT2D eigenvalue weighted by Crippen LogP contribution is -2.40. The van der Waals surface area contributed by atoms with Crippen LogP contribution in [0.5, 0.6) is 0 Å². The third-order valence-electron chi connectivity index (χ3n) is 4.79. The summed E-state index contributed by atoms with van der Waals surface area (Å²) in [5, 5.41) is 20.0. The molecule has 0 saturated heterocycles. The molecule has 0 heterocycles. The molecule has 0 aliphatic heterocycles. The second-order valence-corrected chi connectivity index (χ2v) is 8.04. The van der Waals surface area contributed by atoms with Crippen LogP contribution in [0.1, 0.15) is 59.3 Å². The van der Waals surface area contributed by atoms with Crippen LogP contribution in [0.3, 0.4) is 0 Å². The Labute approximate surface area is 123 Å². The first kappa shape index (κ1) is 16.9. The Hall–Kier alpha value is -0.200. The second kappa shape index (κ2) is 6.99. The van der Waals surface area contributed by atoms with Gasteiger partial charge >= 0.3 is 0 Å². The molecule has 0 spiro atoms. The Morgan fingerprint density at radius 3 is 2.37 bits per heavy atom. The number of hydrogen-bond donors (Lipinski definition) is 1. The fraction of sp³-hybridized carbons (Fsp3) is 0.938. The van der Waals surface area contributed by atoms with Gasteiger partial charge in [-0.1, -0.05) is 20.8 Å². The highest BCUT2D eigenvalue weighted by atomic mass is 32.2. The zero-order chi connectivity index (χ0) is 14.5. The van der Waals surface area contributed by atoms with Gasteiger partial charge in [0.05, 0.1) is 17.6 Å². The number of aliphatic hydroxyl groups excluding tert-OH is 1. The summed E-state index contributed by atoms with van der Waals surface area (Å²) in [7, 11) is 0. The van der Waals surface area contributed by atoms with Gasteiger partial charge in [-0.15, -0.1) is 0 Å². The van der Waals surface area contributed by atoms with E-state index in [1.54, 1.807) is 11.8 Å². The van der Waals surface area contributed by atoms with Crippen LogP contribution in [0, 0.1) is 28.1 Å². The van der Waals surface area contributed by atoms with Gasteiger partial charge in [0, 0.05) is 0 Å². The number of rotatable bonds is 5. The molecule has 1 aliphatic carbocycles. The summed E-state index contributed by atoms with van der Waals surface area (Å²) in [6.07, 6.45) is 7.32. The lowest BCUT2D eigenvalue weighted by atomic mass is 9.62. The molecule has 1 saturated carbocycles. The minimum Gasteiger partial charge on any atom is -0.391 e. The number of nitrogens with zero attached hydrogens (tertiary/aromatic N) is 1. The van der Waals surface area contributed by atoms with Gasteiger partial charge in [-0.05, 0) is 61.9 Å². The van der Waals surface area contributed by atoms with E-state index in [4.69, 9.17) is 0 Å². The fourth-order valence-corrected chi connectivity index (χ4v) is 3.67. The molecule has 1 unspecified atom stereocenters. The normalized spacial score (nSPS) is 29.8. The predicted octanol–water partition coefficient (Wildman–Crippen LogP) is 4.24. The summed E-state index contributed by atoms with van der Waals surface area (Å²) in [6.45, 7) is 6.85. The van der Waals surface area contributed by atoms with Crippen molar-refractivity contribution in [2.24, 2.45) is 16.7 Å². The Morgan fingerprint density at radius 1 is 1.37 bits per heavy atom. The first-order valence-electron chi connectivity index (χ1n) is 7.44. The Kier molecular flexibility index (Phi) is 6.20. The highest BCUT2D eigenvalue weighted by Gasteiger charge is 2.43. The maximum Gasteiger partial charge on any atom is 0.0832 e. The smallest absolute Gasteiger partial charge is 0.0832 e. The van der Waals surface area contributed by atoms with Crippen molar-refractivity contribution in [1.82, 2.24) is 0 Å². The molecule has 1 N–H and O–H groups in total. The largest absolute Gasteiger partial charge is 0.391 e. The summed E-state index contributed by atoms with van der Waals surface area (Å²) in [5.41, 5.74) is -0.147. The van der Waals surface area contributed by atoms with Crippen LogP contribution in [0.2, 0.25) is 0 Å². The van der Waals surface area contributed by atoms with E-state index in [-0.39, 0.29) is 0 Å². The van der Waals surface area contributed by atoms with Crippen LogP contribution in [0.25, 0.3) is 0 Å². The van der Waals surface area contributed by atoms with Gasteiger partial charge < -0.3 is 5.11 Å². The predicted molar refractivity (Wildman–Crippen MR) is 83.1 cm³/mol. The molecule has 0 aromatic heterocycles. The molecule has 0 amide bonds. The molecular weight excluding hydrogens is 254 g/mol. The van der Waals surface area contributed by atoms with Crippen LogP contribution in [0.4, 0.5) is 0 Å².